The maximum atomic E-state index is 13.3. The van der Waals surface area contributed by atoms with Gasteiger partial charge in [-0.25, -0.2) is 0 Å². The van der Waals surface area contributed by atoms with Crippen LogP contribution in [0.5, 0.6) is 5.75 Å². The van der Waals surface area contributed by atoms with E-state index in [4.69, 9.17) is 9.47 Å². The van der Waals surface area contributed by atoms with E-state index >= 15 is 0 Å². The molecule has 2 bridgehead atoms. The van der Waals surface area contributed by atoms with Gasteiger partial charge in [-0.05, 0) is 56.2 Å². The molecule has 2 aromatic rings. The maximum absolute atomic E-state index is 13.3. The van der Waals surface area contributed by atoms with Gasteiger partial charge in [0, 0.05) is 32.4 Å². The molecular weight excluding hydrogens is 420 g/mol. The van der Waals surface area contributed by atoms with Gasteiger partial charge in [-0.3, -0.25) is 14.7 Å². The van der Waals surface area contributed by atoms with Gasteiger partial charge in [0.1, 0.15) is 18.1 Å². The van der Waals surface area contributed by atoms with Gasteiger partial charge < -0.3 is 19.3 Å². The van der Waals surface area contributed by atoms with Crippen LogP contribution in [0.2, 0.25) is 0 Å². The van der Waals surface area contributed by atoms with Crippen LogP contribution in [0.1, 0.15) is 58.6 Å². The normalized spacial score (nSPS) is 19.4. The van der Waals surface area contributed by atoms with Crippen molar-refractivity contribution in [2.24, 2.45) is 5.41 Å². The fourth-order valence-corrected chi connectivity index (χ4v) is 4.97. The third-order valence-electron chi connectivity index (χ3n) is 6.90. The number of para-hydroxylation sites is 1. The molecule has 0 atom stereocenters. The summed E-state index contributed by atoms with van der Waals surface area (Å²) in [6.07, 6.45) is 4.77. The summed E-state index contributed by atoms with van der Waals surface area (Å²) in [5.74, 6) is 0.468. The lowest BCUT2D eigenvalue weighted by Gasteiger charge is -2.41. The Kier molecular flexibility index (Phi) is 7.33. The second kappa shape index (κ2) is 10.4. The smallest absolute Gasteiger partial charge is 0.274 e. The number of benzene rings is 1. The Hall–Kier alpha value is -2.87. The average Bonchev–Trinajstić information content (AvgIpc) is 3.26. The first-order chi connectivity index (χ1) is 16.0. The molecule has 1 N–H and O–H groups in total. The van der Waals surface area contributed by atoms with Crippen molar-refractivity contribution in [1.29, 1.82) is 0 Å². The zero-order valence-electron chi connectivity index (χ0n) is 19.6. The Morgan fingerprint density at radius 2 is 1.94 bits per heavy atom. The zero-order chi connectivity index (χ0) is 23.3. The summed E-state index contributed by atoms with van der Waals surface area (Å²) in [6, 6.07) is 9.15. The van der Waals surface area contributed by atoms with Crippen LogP contribution in [0.15, 0.2) is 30.3 Å². The van der Waals surface area contributed by atoms with Crippen LogP contribution in [0.25, 0.3) is 0 Å². The third-order valence-corrected chi connectivity index (χ3v) is 6.90. The van der Waals surface area contributed by atoms with Gasteiger partial charge in [-0.2, -0.15) is 5.10 Å². The van der Waals surface area contributed by atoms with Crippen molar-refractivity contribution in [3.63, 3.8) is 0 Å². The molecular formula is C25H34N4O4. The maximum Gasteiger partial charge on any atom is 0.274 e. The lowest BCUT2D eigenvalue weighted by atomic mass is 9.75. The highest BCUT2D eigenvalue weighted by atomic mass is 16.5. The lowest BCUT2D eigenvalue weighted by Crippen LogP contribution is -2.45. The van der Waals surface area contributed by atoms with E-state index in [1.54, 1.807) is 13.2 Å². The Balaban J connectivity index is 1.57. The number of hydrogen-bond donors (Lipinski definition) is 1. The highest BCUT2D eigenvalue weighted by molar-refractivity contribution is 5.97. The summed E-state index contributed by atoms with van der Waals surface area (Å²) in [5, 5.41) is 7.00. The van der Waals surface area contributed by atoms with Gasteiger partial charge in [0.05, 0.1) is 18.7 Å². The van der Waals surface area contributed by atoms with Crippen molar-refractivity contribution < 1.29 is 19.1 Å². The number of aromatic amines is 1. The van der Waals surface area contributed by atoms with Crippen molar-refractivity contribution in [3.8, 4) is 5.75 Å². The average molecular weight is 455 g/mol. The quantitative estimate of drug-likeness (QED) is 0.769. The second-order valence-electron chi connectivity index (χ2n) is 9.26. The van der Waals surface area contributed by atoms with Gasteiger partial charge in [0.2, 0.25) is 0 Å². The topological polar surface area (TPSA) is 87.8 Å². The second-order valence-corrected chi connectivity index (χ2v) is 9.26. The number of aryl methyl sites for hydroxylation is 1. The van der Waals surface area contributed by atoms with Crippen molar-refractivity contribution in [1.82, 2.24) is 20.0 Å². The summed E-state index contributed by atoms with van der Waals surface area (Å²) in [4.78, 5) is 30.1. The number of hydrogen-bond acceptors (Lipinski definition) is 5. The molecule has 8 nitrogen and oxygen atoms in total. The number of nitrogens with zero attached hydrogens (tertiary/aromatic N) is 3. The lowest BCUT2D eigenvalue weighted by molar-refractivity contribution is 0.0136. The monoisotopic (exact) mass is 454 g/mol. The molecule has 1 aromatic heterocycles. The van der Waals surface area contributed by atoms with Crippen LogP contribution in [0, 0.1) is 12.3 Å². The van der Waals surface area contributed by atoms with Gasteiger partial charge in [0.25, 0.3) is 11.8 Å². The SMILES string of the molecule is COCC12CCCCN(C(=O)c3cc(C)[nH]n3)CCOc3ccccc3C(=O)N(CC1)CC2. The van der Waals surface area contributed by atoms with E-state index in [-0.39, 0.29) is 17.2 Å². The van der Waals surface area contributed by atoms with Gasteiger partial charge >= 0.3 is 0 Å². The molecule has 3 aliphatic heterocycles. The summed E-state index contributed by atoms with van der Waals surface area (Å²) in [7, 11) is 1.75. The molecule has 0 spiro atoms. The van der Waals surface area contributed by atoms with E-state index in [1.807, 2.05) is 41.0 Å². The van der Waals surface area contributed by atoms with Crippen molar-refractivity contribution in [3.05, 3.63) is 47.3 Å². The minimum Gasteiger partial charge on any atom is -0.491 e. The molecule has 5 rings (SSSR count). The molecule has 0 aliphatic carbocycles. The first kappa shape index (κ1) is 23.3. The Labute approximate surface area is 195 Å². The van der Waals surface area contributed by atoms with Crippen LogP contribution in [-0.4, -0.2) is 78.3 Å². The Morgan fingerprint density at radius 1 is 1.15 bits per heavy atom. The molecule has 2 amide bonds. The number of fused-ring (bicyclic) bond motifs is 9. The molecule has 8 heteroatoms. The largest absolute Gasteiger partial charge is 0.491 e. The fraction of sp³-hybridized carbons (Fsp3) is 0.560. The van der Waals surface area contributed by atoms with E-state index in [0.717, 1.165) is 50.9 Å². The predicted molar refractivity (Wildman–Crippen MR) is 124 cm³/mol. The summed E-state index contributed by atoms with van der Waals surface area (Å²) < 4.78 is 11.6. The number of aromatic nitrogens is 2. The Bertz CT molecular complexity index is 965. The number of ether oxygens (including phenoxy) is 2. The number of carbonyl (C=O) groups excluding carboxylic acids is 2. The van der Waals surface area contributed by atoms with Crippen LogP contribution < -0.4 is 4.74 Å². The molecule has 0 radical (unpaired) electrons. The number of amides is 2. The molecule has 1 saturated heterocycles. The van der Waals surface area contributed by atoms with Crippen LogP contribution in [-0.2, 0) is 4.74 Å². The molecule has 0 saturated carbocycles. The highest BCUT2D eigenvalue weighted by Gasteiger charge is 2.36. The number of methoxy groups -OCH3 is 1. The van der Waals surface area contributed by atoms with E-state index in [1.165, 1.54) is 0 Å². The number of nitrogens with one attached hydrogen (secondary N) is 1. The van der Waals surface area contributed by atoms with Gasteiger partial charge in [-0.1, -0.05) is 18.6 Å². The summed E-state index contributed by atoms with van der Waals surface area (Å²) >= 11 is 0. The number of piperidine rings is 1. The standard InChI is InChI=1S/C25H34N4O4/c1-19-17-21(27-26-19)24(31)28-12-6-5-9-25(18-32-2)10-13-29(14-11-25)23(30)20-7-3-4-8-22(20)33-16-15-28/h3-4,7-8,17H,5-6,9-16,18H2,1-2H3,(H,26,27). The van der Waals surface area contributed by atoms with Crippen LogP contribution >= 0.6 is 0 Å². The molecule has 1 aromatic carbocycles. The van der Waals surface area contributed by atoms with Crippen LogP contribution in [0.3, 0.4) is 0 Å². The number of rotatable bonds is 3. The van der Waals surface area contributed by atoms with E-state index in [0.29, 0.717) is 43.3 Å². The molecule has 0 unspecified atom stereocenters. The highest BCUT2D eigenvalue weighted by Crippen LogP contribution is 2.38. The van der Waals surface area contributed by atoms with E-state index in [2.05, 4.69) is 10.2 Å². The van der Waals surface area contributed by atoms with Crippen molar-refractivity contribution >= 4 is 11.8 Å². The molecule has 3 aliphatic rings. The summed E-state index contributed by atoms with van der Waals surface area (Å²) in [6.45, 7) is 5.41. The minimum absolute atomic E-state index is 0.00594. The fourth-order valence-electron chi connectivity index (χ4n) is 4.97. The van der Waals surface area contributed by atoms with Gasteiger partial charge in [-0.15, -0.1) is 0 Å². The first-order valence-corrected chi connectivity index (χ1v) is 11.8. The van der Waals surface area contributed by atoms with Crippen molar-refractivity contribution in [2.75, 3.05) is 46.5 Å². The predicted octanol–water partition coefficient (Wildman–Crippen LogP) is 3.29. The number of carbonyl (C=O) groups is 2. The minimum atomic E-state index is -0.102. The molecule has 33 heavy (non-hydrogen) atoms. The van der Waals surface area contributed by atoms with E-state index in [9.17, 15) is 9.59 Å². The van der Waals surface area contributed by atoms with Crippen molar-refractivity contribution in [2.45, 2.75) is 39.0 Å². The molecule has 4 heterocycles. The van der Waals surface area contributed by atoms with Gasteiger partial charge in [0.15, 0.2) is 0 Å². The third kappa shape index (κ3) is 5.38. The molecule has 1 fully saturated rings. The van der Waals surface area contributed by atoms with E-state index < -0.39 is 0 Å². The number of H-pyrrole nitrogens is 1. The first-order valence-electron chi connectivity index (χ1n) is 11.8. The molecule has 178 valence electrons. The zero-order valence-corrected chi connectivity index (χ0v) is 19.6. The Morgan fingerprint density at radius 3 is 2.67 bits per heavy atom. The summed E-state index contributed by atoms with van der Waals surface area (Å²) in [5.41, 5.74) is 1.93. The van der Waals surface area contributed by atoms with Crippen LogP contribution in [0.4, 0.5) is 0 Å².